The first-order valence-corrected chi connectivity index (χ1v) is 10.7. The topological polar surface area (TPSA) is 83.6 Å². The number of benzene rings is 1. The third kappa shape index (κ3) is 4.09. The molecule has 26 heavy (non-hydrogen) atoms. The SMILES string of the molecule is CCN(C(=O)C(C)(C)C(=O)Nc1c(C)cccc1C)C1CCS(=O)(=O)C1. The summed E-state index contributed by atoms with van der Waals surface area (Å²) in [4.78, 5) is 27.5. The molecule has 144 valence electrons. The van der Waals surface area contributed by atoms with Gasteiger partial charge < -0.3 is 10.2 Å². The number of carbonyl (C=O) groups excluding carboxylic acids is 2. The Morgan fingerprint density at radius 1 is 1.23 bits per heavy atom. The Kier molecular flexibility index (Phi) is 5.80. The van der Waals surface area contributed by atoms with Crippen LogP contribution in [0.4, 0.5) is 5.69 Å². The number of carbonyl (C=O) groups is 2. The molecular weight excluding hydrogens is 352 g/mol. The van der Waals surface area contributed by atoms with E-state index in [1.165, 1.54) is 4.90 Å². The zero-order valence-electron chi connectivity index (χ0n) is 16.1. The van der Waals surface area contributed by atoms with Gasteiger partial charge in [-0.2, -0.15) is 0 Å². The molecule has 0 aliphatic carbocycles. The molecule has 0 saturated carbocycles. The van der Waals surface area contributed by atoms with Crippen molar-refractivity contribution in [2.75, 3.05) is 23.4 Å². The maximum atomic E-state index is 13.1. The first-order chi connectivity index (χ1) is 12.0. The highest BCUT2D eigenvalue weighted by Crippen LogP contribution is 2.28. The smallest absolute Gasteiger partial charge is 0.239 e. The molecule has 1 aromatic rings. The first-order valence-electron chi connectivity index (χ1n) is 8.88. The molecule has 1 aliphatic rings. The van der Waals surface area contributed by atoms with E-state index in [0.29, 0.717) is 18.7 Å². The molecule has 1 N–H and O–H groups in total. The molecule has 1 fully saturated rings. The van der Waals surface area contributed by atoms with E-state index in [1.54, 1.807) is 13.8 Å². The fourth-order valence-electron chi connectivity index (χ4n) is 3.33. The lowest BCUT2D eigenvalue weighted by atomic mass is 9.89. The third-order valence-corrected chi connectivity index (χ3v) is 6.82. The summed E-state index contributed by atoms with van der Waals surface area (Å²) in [5.74, 6) is -0.664. The first kappa shape index (κ1) is 20.4. The van der Waals surface area contributed by atoms with E-state index in [-0.39, 0.29) is 29.4 Å². The minimum absolute atomic E-state index is 0.0266. The van der Waals surface area contributed by atoms with E-state index in [0.717, 1.165) is 11.1 Å². The molecule has 1 heterocycles. The van der Waals surface area contributed by atoms with Gasteiger partial charge in [-0.05, 0) is 52.2 Å². The average Bonchev–Trinajstić information content (AvgIpc) is 2.91. The summed E-state index contributed by atoms with van der Waals surface area (Å²) in [7, 11) is -3.10. The van der Waals surface area contributed by atoms with Gasteiger partial charge in [0.2, 0.25) is 11.8 Å². The molecule has 2 rings (SSSR count). The highest BCUT2D eigenvalue weighted by Gasteiger charge is 2.43. The van der Waals surface area contributed by atoms with Gasteiger partial charge in [0, 0.05) is 18.3 Å². The van der Waals surface area contributed by atoms with Crippen LogP contribution in [0.5, 0.6) is 0 Å². The highest BCUT2D eigenvalue weighted by molar-refractivity contribution is 7.91. The standard InChI is InChI=1S/C19H28N2O4S/c1-6-21(15-10-11-26(24,25)12-15)18(23)19(4,5)17(22)20-16-13(2)8-7-9-14(16)3/h7-9,15H,6,10-12H2,1-5H3,(H,20,22). The number of nitrogens with zero attached hydrogens (tertiary/aromatic N) is 1. The Bertz CT molecular complexity index is 795. The summed E-state index contributed by atoms with van der Waals surface area (Å²) in [5, 5.41) is 2.88. The van der Waals surface area contributed by atoms with Crippen LogP contribution < -0.4 is 5.32 Å². The van der Waals surface area contributed by atoms with Gasteiger partial charge in [-0.25, -0.2) is 8.42 Å². The van der Waals surface area contributed by atoms with Gasteiger partial charge in [0.15, 0.2) is 9.84 Å². The molecule has 1 aromatic carbocycles. The van der Waals surface area contributed by atoms with Crippen LogP contribution >= 0.6 is 0 Å². The predicted molar refractivity (Wildman–Crippen MR) is 103 cm³/mol. The van der Waals surface area contributed by atoms with Crippen molar-refractivity contribution in [1.82, 2.24) is 4.90 Å². The number of anilines is 1. The van der Waals surface area contributed by atoms with E-state index >= 15 is 0 Å². The second-order valence-corrected chi connectivity index (χ2v) is 9.72. The van der Waals surface area contributed by atoms with Crippen LogP contribution in [0.1, 0.15) is 38.3 Å². The van der Waals surface area contributed by atoms with E-state index < -0.39 is 15.3 Å². The molecule has 0 aromatic heterocycles. The molecule has 6 nitrogen and oxygen atoms in total. The summed E-state index contributed by atoms with van der Waals surface area (Å²) in [5.41, 5.74) is 1.27. The zero-order valence-corrected chi connectivity index (χ0v) is 16.9. The number of amides is 2. The van der Waals surface area contributed by atoms with Crippen molar-refractivity contribution in [3.63, 3.8) is 0 Å². The van der Waals surface area contributed by atoms with Crippen LogP contribution in [0.3, 0.4) is 0 Å². The quantitative estimate of drug-likeness (QED) is 0.795. The minimum atomic E-state index is -3.10. The van der Waals surface area contributed by atoms with Crippen LogP contribution in [0.15, 0.2) is 18.2 Å². The third-order valence-electron chi connectivity index (χ3n) is 5.07. The summed E-state index contributed by atoms with van der Waals surface area (Å²) >= 11 is 0. The molecule has 1 saturated heterocycles. The van der Waals surface area contributed by atoms with Crippen molar-refractivity contribution in [3.8, 4) is 0 Å². The van der Waals surface area contributed by atoms with Crippen LogP contribution in [-0.4, -0.2) is 49.2 Å². The monoisotopic (exact) mass is 380 g/mol. The summed E-state index contributed by atoms with van der Waals surface area (Å²) < 4.78 is 23.5. The van der Waals surface area contributed by atoms with Gasteiger partial charge >= 0.3 is 0 Å². The highest BCUT2D eigenvalue weighted by atomic mass is 32.2. The lowest BCUT2D eigenvalue weighted by Crippen LogP contribution is -2.51. The van der Waals surface area contributed by atoms with Crippen molar-refractivity contribution in [2.24, 2.45) is 5.41 Å². The van der Waals surface area contributed by atoms with E-state index in [1.807, 2.05) is 39.0 Å². The van der Waals surface area contributed by atoms with E-state index in [9.17, 15) is 18.0 Å². The van der Waals surface area contributed by atoms with E-state index in [4.69, 9.17) is 0 Å². The Balaban J connectivity index is 2.21. The van der Waals surface area contributed by atoms with Crippen molar-refractivity contribution in [1.29, 1.82) is 0 Å². The number of aryl methyl sites for hydroxylation is 2. The summed E-state index contributed by atoms with van der Waals surface area (Å²) in [6, 6.07) is 5.36. The van der Waals surface area contributed by atoms with Crippen LogP contribution in [-0.2, 0) is 19.4 Å². The lowest BCUT2D eigenvalue weighted by Gasteiger charge is -2.34. The van der Waals surface area contributed by atoms with Crippen LogP contribution in [0.2, 0.25) is 0 Å². The molecule has 0 spiro atoms. The Morgan fingerprint density at radius 3 is 2.27 bits per heavy atom. The number of hydrogen-bond acceptors (Lipinski definition) is 4. The van der Waals surface area contributed by atoms with Crippen LogP contribution in [0, 0.1) is 19.3 Å². The molecule has 1 aliphatic heterocycles. The largest absolute Gasteiger partial charge is 0.338 e. The zero-order chi connectivity index (χ0) is 19.7. The number of para-hydroxylation sites is 1. The maximum absolute atomic E-state index is 13.1. The molecule has 1 atom stereocenters. The second kappa shape index (κ2) is 7.39. The fourth-order valence-corrected chi connectivity index (χ4v) is 5.06. The number of sulfone groups is 1. The second-order valence-electron chi connectivity index (χ2n) is 7.49. The van der Waals surface area contributed by atoms with Gasteiger partial charge in [0.25, 0.3) is 0 Å². The predicted octanol–water partition coefficient (Wildman–Crippen LogP) is 2.30. The normalized spacial score (nSPS) is 19.2. The summed E-state index contributed by atoms with van der Waals surface area (Å²) in [6.07, 6.45) is 0.427. The number of hydrogen-bond donors (Lipinski definition) is 1. The lowest BCUT2D eigenvalue weighted by molar-refractivity contribution is -0.147. The summed E-state index contributed by atoms with van der Waals surface area (Å²) in [6.45, 7) is 9.16. The van der Waals surface area contributed by atoms with Gasteiger partial charge in [-0.1, -0.05) is 18.2 Å². The minimum Gasteiger partial charge on any atom is -0.338 e. The van der Waals surface area contributed by atoms with Crippen molar-refractivity contribution in [2.45, 2.75) is 47.1 Å². The number of nitrogens with one attached hydrogen (secondary N) is 1. The Hall–Kier alpha value is -1.89. The Morgan fingerprint density at radius 2 is 1.81 bits per heavy atom. The van der Waals surface area contributed by atoms with Crippen molar-refractivity contribution < 1.29 is 18.0 Å². The molecule has 0 bridgehead atoms. The van der Waals surface area contributed by atoms with Crippen molar-refractivity contribution in [3.05, 3.63) is 29.3 Å². The maximum Gasteiger partial charge on any atom is 0.239 e. The molecule has 2 amide bonds. The molecule has 7 heteroatoms. The molecule has 1 unspecified atom stereocenters. The van der Waals surface area contributed by atoms with Gasteiger partial charge in [-0.3, -0.25) is 9.59 Å². The molecular formula is C19H28N2O4S. The number of rotatable bonds is 5. The van der Waals surface area contributed by atoms with Crippen LogP contribution in [0.25, 0.3) is 0 Å². The van der Waals surface area contributed by atoms with Gasteiger partial charge in [0.05, 0.1) is 11.5 Å². The van der Waals surface area contributed by atoms with E-state index in [2.05, 4.69) is 5.32 Å². The van der Waals surface area contributed by atoms with Crippen molar-refractivity contribution >= 4 is 27.3 Å². The van der Waals surface area contributed by atoms with Gasteiger partial charge in [-0.15, -0.1) is 0 Å². The fraction of sp³-hybridized carbons (Fsp3) is 0.579. The molecule has 0 radical (unpaired) electrons. The van der Waals surface area contributed by atoms with Gasteiger partial charge in [0.1, 0.15) is 5.41 Å². The average molecular weight is 381 g/mol. The Labute approximate surface area is 155 Å².